The van der Waals surface area contributed by atoms with Crippen molar-refractivity contribution in [2.24, 2.45) is 0 Å². The molecule has 0 saturated carbocycles. The second-order valence-corrected chi connectivity index (χ2v) is 8.20. The summed E-state index contributed by atoms with van der Waals surface area (Å²) < 4.78 is 5.06. The molecular weight excluding hydrogens is 167 g/mol. The topological polar surface area (TPSA) is 9.23 Å². The second kappa shape index (κ2) is 3.91. The summed E-state index contributed by atoms with van der Waals surface area (Å²) in [7, 11) is -2.65. The van der Waals surface area contributed by atoms with E-state index in [1.165, 1.54) is 0 Å². The Balaban J connectivity index is 2.95. The molecule has 1 nitrogen and oxygen atoms in total. The maximum atomic E-state index is 5.39. The maximum absolute atomic E-state index is 5.39. The lowest BCUT2D eigenvalue weighted by atomic mass is 11.9. The average molecular weight is 175 g/mol. The SMILES string of the molecule is C[SiH](C)O[SiH](Cl)Cl. The zero-order chi connectivity index (χ0) is 5.86. The second-order valence-electron chi connectivity index (χ2n) is 1.45. The zero-order valence-electron chi connectivity index (χ0n) is 4.32. The zero-order valence-corrected chi connectivity index (χ0v) is 8.14. The van der Waals surface area contributed by atoms with Gasteiger partial charge < -0.3 is 4.12 Å². The molecule has 44 valence electrons. The molecule has 0 spiro atoms. The third kappa shape index (κ3) is 6.97. The van der Waals surface area contributed by atoms with E-state index in [-0.39, 0.29) is 0 Å². The van der Waals surface area contributed by atoms with Crippen LogP contribution >= 0.6 is 22.2 Å². The van der Waals surface area contributed by atoms with E-state index in [2.05, 4.69) is 0 Å². The first-order valence-corrected chi connectivity index (χ1v) is 8.81. The van der Waals surface area contributed by atoms with Gasteiger partial charge in [0.25, 0.3) is 0 Å². The van der Waals surface area contributed by atoms with Gasteiger partial charge in [0.15, 0.2) is 9.04 Å². The van der Waals surface area contributed by atoms with Gasteiger partial charge in [-0.15, -0.1) is 22.2 Å². The minimum absolute atomic E-state index is 0.931. The lowest BCUT2D eigenvalue weighted by Crippen LogP contribution is -2.13. The molecule has 0 rings (SSSR count). The highest BCUT2D eigenvalue weighted by atomic mass is 35.7. The summed E-state index contributed by atoms with van der Waals surface area (Å²) in [6.07, 6.45) is 0. The van der Waals surface area contributed by atoms with Gasteiger partial charge in [-0.2, -0.15) is 0 Å². The van der Waals surface area contributed by atoms with E-state index in [4.69, 9.17) is 26.3 Å². The summed E-state index contributed by atoms with van der Waals surface area (Å²) in [5.74, 6) is 0. The van der Waals surface area contributed by atoms with Crippen LogP contribution in [0.15, 0.2) is 0 Å². The highest BCUT2D eigenvalue weighted by Crippen LogP contribution is 1.98. The van der Waals surface area contributed by atoms with Gasteiger partial charge in [0.05, 0.1) is 0 Å². The Morgan fingerprint density at radius 2 is 1.71 bits per heavy atom. The fourth-order valence-electron chi connectivity index (χ4n) is 0.206. The molecule has 0 amide bonds. The van der Waals surface area contributed by atoms with E-state index in [9.17, 15) is 0 Å². The first kappa shape index (κ1) is 7.97. The molecule has 0 unspecified atom stereocenters. The summed E-state index contributed by atoms with van der Waals surface area (Å²) in [6, 6.07) is 0. The van der Waals surface area contributed by atoms with Gasteiger partial charge in [-0.05, 0) is 13.1 Å². The van der Waals surface area contributed by atoms with Crippen molar-refractivity contribution in [1.82, 2.24) is 0 Å². The Labute approximate surface area is 56.4 Å². The van der Waals surface area contributed by atoms with E-state index < -0.39 is 16.7 Å². The van der Waals surface area contributed by atoms with Crippen LogP contribution in [0.3, 0.4) is 0 Å². The van der Waals surface area contributed by atoms with Gasteiger partial charge in [-0.25, -0.2) is 0 Å². The van der Waals surface area contributed by atoms with Gasteiger partial charge in [0.1, 0.15) is 0 Å². The fourth-order valence-corrected chi connectivity index (χ4v) is 5.55. The molecule has 0 radical (unpaired) electrons. The van der Waals surface area contributed by atoms with E-state index >= 15 is 0 Å². The molecule has 0 aromatic heterocycles. The predicted molar refractivity (Wildman–Crippen MR) is 38.8 cm³/mol. The van der Waals surface area contributed by atoms with Crippen molar-refractivity contribution < 1.29 is 4.12 Å². The largest absolute Gasteiger partial charge is 0.439 e. The van der Waals surface area contributed by atoms with E-state index in [1.54, 1.807) is 0 Å². The third-order valence-corrected chi connectivity index (χ3v) is 5.23. The van der Waals surface area contributed by atoms with Crippen molar-refractivity contribution in [3.63, 3.8) is 0 Å². The summed E-state index contributed by atoms with van der Waals surface area (Å²) in [5, 5.41) is 0. The van der Waals surface area contributed by atoms with Gasteiger partial charge in [0.2, 0.25) is 0 Å². The molecule has 0 aliphatic rings. The van der Waals surface area contributed by atoms with Crippen molar-refractivity contribution in [3.8, 4) is 0 Å². The van der Waals surface area contributed by atoms with Crippen LogP contribution < -0.4 is 0 Å². The molecule has 0 heterocycles. The molecule has 0 saturated heterocycles. The fraction of sp³-hybridized carbons (Fsp3) is 1.00. The average Bonchev–Trinajstić information content (AvgIpc) is 1.27. The smallest absolute Gasteiger partial charge is 0.362 e. The minimum atomic E-state index is -1.72. The number of rotatable bonds is 2. The molecule has 5 heteroatoms. The van der Waals surface area contributed by atoms with Crippen LogP contribution in [0.25, 0.3) is 0 Å². The van der Waals surface area contributed by atoms with Crippen LogP contribution in [-0.2, 0) is 4.12 Å². The molecule has 0 N–H and O–H groups in total. The lowest BCUT2D eigenvalue weighted by molar-refractivity contribution is 0.634. The predicted octanol–water partition coefficient (Wildman–Crippen LogP) is 1.18. The monoisotopic (exact) mass is 174 g/mol. The minimum Gasteiger partial charge on any atom is -0.439 e. The van der Waals surface area contributed by atoms with Gasteiger partial charge >= 0.3 is 7.66 Å². The molecular formula is C2H8Cl2OSi2. The first-order chi connectivity index (χ1) is 3.13. The first-order valence-electron chi connectivity index (χ1n) is 2.06. The Bertz CT molecular complexity index is 43.0. The molecule has 0 fully saturated rings. The Morgan fingerprint density at radius 3 is 1.71 bits per heavy atom. The summed E-state index contributed by atoms with van der Waals surface area (Å²) in [4.78, 5) is 0. The summed E-state index contributed by atoms with van der Waals surface area (Å²) in [6.45, 7) is 4.09. The number of hydrogen-bond acceptors (Lipinski definition) is 1. The molecule has 0 aromatic rings. The van der Waals surface area contributed by atoms with Crippen molar-refractivity contribution in [2.45, 2.75) is 13.1 Å². The Hall–Kier alpha value is 0.974. The van der Waals surface area contributed by atoms with Crippen molar-refractivity contribution in [2.75, 3.05) is 0 Å². The molecule has 7 heavy (non-hydrogen) atoms. The maximum Gasteiger partial charge on any atom is 0.362 e. The highest BCUT2D eigenvalue weighted by molar-refractivity contribution is 7.31. The van der Waals surface area contributed by atoms with Crippen molar-refractivity contribution in [3.05, 3.63) is 0 Å². The Kier molecular flexibility index (Phi) is 4.46. The van der Waals surface area contributed by atoms with E-state index in [0.717, 1.165) is 0 Å². The van der Waals surface area contributed by atoms with Crippen LogP contribution in [0.2, 0.25) is 13.1 Å². The van der Waals surface area contributed by atoms with Crippen molar-refractivity contribution in [1.29, 1.82) is 0 Å². The van der Waals surface area contributed by atoms with Crippen molar-refractivity contribution >= 4 is 38.9 Å². The molecule has 0 bridgehead atoms. The van der Waals surface area contributed by atoms with E-state index in [1.807, 2.05) is 13.1 Å². The van der Waals surface area contributed by atoms with Crippen LogP contribution in [0.4, 0.5) is 0 Å². The van der Waals surface area contributed by atoms with Crippen LogP contribution in [0.1, 0.15) is 0 Å². The summed E-state index contributed by atoms with van der Waals surface area (Å²) in [5.41, 5.74) is 0. The van der Waals surface area contributed by atoms with Gasteiger partial charge in [0, 0.05) is 0 Å². The van der Waals surface area contributed by atoms with Gasteiger partial charge in [-0.3, -0.25) is 0 Å². The Morgan fingerprint density at radius 1 is 1.29 bits per heavy atom. The normalized spacial score (nSPS) is 11.1. The lowest BCUT2D eigenvalue weighted by Gasteiger charge is -2.03. The summed E-state index contributed by atoms with van der Waals surface area (Å²) >= 11 is 10.8. The van der Waals surface area contributed by atoms with Crippen LogP contribution in [0.5, 0.6) is 0 Å². The van der Waals surface area contributed by atoms with Crippen LogP contribution in [-0.4, -0.2) is 16.7 Å². The molecule has 0 aromatic carbocycles. The molecule has 0 aliphatic heterocycles. The molecule has 0 aliphatic carbocycles. The van der Waals surface area contributed by atoms with E-state index in [0.29, 0.717) is 0 Å². The van der Waals surface area contributed by atoms with Gasteiger partial charge in [-0.1, -0.05) is 0 Å². The van der Waals surface area contributed by atoms with Crippen LogP contribution in [0, 0.1) is 0 Å². The number of hydrogen-bond donors (Lipinski definition) is 0. The standard InChI is InChI=1S/C2H8Cl2OSi2/c1-6(2)5-7(3)4/h6-7H,1-2H3. The number of halogens is 2. The molecule has 0 atom stereocenters. The third-order valence-electron chi connectivity index (χ3n) is 0.375. The highest BCUT2D eigenvalue weighted by Gasteiger charge is 2.03. The quantitative estimate of drug-likeness (QED) is 0.452.